The predicted octanol–water partition coefficient (Wildman–Crippen LogP) is 5.98. The Morgan fingerprint density at radius 3 is 2.77 bits per heavy atom. The maximum Gasteiger partial charge on any atom is 0.264 e. The van der Waals surface area contributed by atoms with Crippen LogP contribution >= 0.6 is 11.8 Å². The molecule has 3 heterocycles. The van der Waals surface area contributed by atoms with Gasteiger partial charge in [0, 0.05) is 47.6 Å². The minimum absolute atomic E-state index is 0.155. The molecule has 1 N–H and O–H groups in total. The average Bonchev–Trinajstić information content (AvgIpc) is 3.45. The zero-order chi connectivity index (χ0) is 22.5. The number of nitrogens with one attached hydrogen (secondary N) is 1. The van der Waals surface area contributed by atoms with Gasteiger partial charge in [0.1, 0.15) is 0 Å². The van der Waals surface area contributed by atoms with Crippen molar-refractivity contribution >= 4 is 34.3 Å². The highest BCUT2D eigenvalue weighted by Crippen LogP contribution is 2.43. The lowest BCUT2D eigenvalue weighted by atomic mass is 9.50. The first kappa shape index (κ1) is 23.3. The van der Waals surface area contributed by atoms with Crippen molar-refractivity contribution in [2.45, 2.75) is 65.6 Å². The molecule has 0 saturated carbocycles. The number of benzene rings is 1. The van der Waals surface area contributed by atoms with Crippen LogP contribution in [0.1, 0.15) is 51.2 Å². The highest BCUT2D eigenvalue weighted by molar-refractivity contribution is 8.09. The first-order valence-electron chi connectivity index (χ1n) is 11.5. The van der Waals surface area contributed by atoms with Crippen LogP contribution in [0.25, 0.3) is 15.8 Å². The molecule has 0 aliphatic carbocycles. The van der Waals surface area contributed by atoms with E-state index in [1.807, 2.05) is 44.2 Å². The van der Waals surface area contributed by atoms with Gasteiger partial charge in [-0.1, -0.05) is 52.1 Å². The second-order valence-corrected chi connectivity index (χ2v) is 9.36. The second kappa shape index (κ2) is 10.3. The third-order valence-corrected chi connectivity index (χ3v) is 7.07. The molecule has 1 aromatic heterocycles. The molecule has 2 atom stereocenters. The monoisotopic (exact) mass is 435 g/mol. The molecule has 0 fully saturated rings. The lowest BCUT2D eigenvalue weighted by Gasteiger charge is -2.19. The van der Waals surface area contributed by atoms with E-state index in [0.29, 0.717) is 5.92 Å². The summed E-state index contributed by atoms with van der Waals surface area (Å²) in [5, 5.41) is 18.5. The summed E-state index contributed by atoms with van der Waals surface area (Å²) in [4.78, 5) is 3.60. The number of nitrogens with zero attached hydrogens (tertiary/aromatic N) is 4. The number of allylic oxidation sites excluding steroid dienone is 1. The Balaban J connectivity index is 0.00000132. The normalized spacial score (nSPS) is 17.8. The number of fused-ring (bicyclic) bond motifs is 2. The van der Waals surface area contributed by atoms with Gasteiger partial charge in [0.25, 0.3) is 6.71 Å². The summed E-state index contributed by atoms with van der Waals surface area (Å²) in [5.74, 6) is 2.88. The summed E-state index contributed by atoms with van der Waals surface area (Å²) in [6, 6.07) is 4.48. The molecule has 5 nitrogen and oxygen atoms in total. The minimum Gasteiger partial charge on any atom is -0.358 e. The molecule has 0 spiro atoms. The highest BCUT2D eigenvalue weighted by Gasteiger charge is 2.32. The van der Waals surface area contributed by atoms with E-state index in [0.717, 1.165) is 31.1 Å². The van der Waals surface area contributed by atoms with Crippen LogP contribution in [-0.2, 0) is 7.05 Å². The molecule has 2 aromatic rings. The van der Waals surface area contributed by atoms with E-state index in [-0.39, 0.29) is 12.2 Å². The van der Waals surface area contributed by atoms with Crippen LogP contribution in [0, 0.1) is 24.1 Å². The molecule has 2 unspecified atom stereocenters. The highest BCUT2D eigenvalue weighted by atomic mass is 32.2. The zero-order valence-corrected chi connectivity index (χ0v) is 20.5. The van der Waals surface area contributed by atoms with Crippen molar-refractivity contribution in [3.05, 3.63) is 47.6 Å². The molecule has 0 bridgehead atoms. The average molecular weight is 435 g/mol. The maximum atomic E-state index is 8.98. The maximum absolute atomic E-state index is 8.98. The minimum atomic E-state index is 0.155. The van der Waals surface area contributed by atoms with Crippen molar-refractivity contribution in [1.29, 1.82) is 5.26 Å². The van der Waals surface area contributed by atoms with E-state index in [4.69, 9.17) is 5.26 Å². The molecule has 31 heavy (non-hydrogen) atoms. The summed E-state index contributed by atoms with van der Waals surface area (Å²) < 4.78 is 1.88. The largest absolute Gasteiger partial charge is 0.358 e. The molecular formula is C24H34BN5S. The SMILES string of the molecule is CC.CCC(CCCB(C)C#N)C1=CN2C=C(c3cc(C)c4nn(C)cc4c3)SC2N1. The third kappa shape index (κ3) is 5.12. The van der Waals surface area contributed by atoms with Crippen LogP contribution in [0.2, 0.25) is 13.1 Å². The van der Waals surface area contributed by atoms with E-state index in [2.05, 4.69) is 65.9 Å². The molecule has 2 aliphatic rings. The van der Waals surface area contributed by atoms with Gasteiger partial charge in [0.2, 0.25) is 0 Å². The molecule has 1 aromatic carbocycles. The van der Waals surface area contributed by atoms with Crippen molar-refractivity contribution in [2.24, 2.45) is 13.0 Å². The van der Waals surface area contributed by atoms with Gasteiger partial charge in [0.05, 0.1) is 5.52 Å². The van der Waals surface area contributed by atoms with E-state index >= 15 is 0 Å². The number of thioether (sulfide) groups is 1. The number of rotatable bonds is 7. The topological polar surface area (TPSA) is 56.9 Å². The molecule has 2 aliphatic heterocycles. The van der Waals surface area contributed by atoms with E-state index in [1.54, 1.807) is 0 Å². The Labute approximate surface area is 191 Å². The molecular weight excluding hydrogens is 401 g/mol. The van der Waals surface area contributed by atoms with Gasteiger partial charge in [-0.15, -0.1) is 0 Å². The lowest BCUT2D eigenvalue weighted by molar-refractivity contribution is 0.469. The predicted molar refractivity (Wildman–Crippen MR) is 134 cm³/mol. The van der Waals surface area contributed by atoms with Crippen LogP contribution < -0.4 is 5.32 Å². The summed E-state index contributed by atoms with van der Waals surface area (Å²) >= 11 is 1.88. The lowest BCUT2D eigenvalue weighted by Crippen LogP contribution is -2.28. The Hall–Kier alpha value is -2.33. The molecule has 164 valence electrons. The van der Waals surface area contributed by atoms with Crippen molar-refractivity contribution in [3.63, 3.8) is 0 Å². The number of hydrogen-bond acceptors (Lipinski definition) is 5. The summed E-state index contributed by atoms with van der Waals surface area (Å²) in [6.07, 6.45) is 11.0. The van der Waals surface area contributed by atoms with Crippen molar-refractivity contribution in [1.82, 2.24) is 20.0 Å². The van der Waals surface area contributed by atoms with E-state index < -0.39 is 0 Å². The Bertz CT molecular complexity index is 1020. The number of nitriles is 1. The van der Waals surface area contributed by atoms with Gasteiger partial charge in [-0.2, -0.15) is 5.10 Å². The van der Waals surface area contributed by atoms with Crippen molar-refractivity contribution in [2.75, 3.05) is 0 Å². The van der Waals surface area contributed by atoms with E-state index in [9.17, 15) is 0 Å². The quantitative estimate of drug-likeness (QED) is 0.543. The third-order valence-electron chi connectivity index (χ3n) is 5.89. The van der Waals surface area contributed by atoms with Gasteiger partial charge >= 0.3 is 0 Å². The summed E-state index contributed by atoms with van der Waals surface area (Å²) in [5.41, 5.74) is 5.14. The molecule has 4 rings (SSSR count). The zero-order valence-electron chi connectivity index (χ0n) is 19.6. The summed E-state index contributed by atoms with van der Waals surface area (Å²) in [7, 11) is 1.97. The van der Waals surface area contributed by atoms with Gasteiger partial charge in [-0.05, 0) is 48.9 Å². The van der Waals surface area contributed by atoms with Gasteiger partial charge < -0.3 is 10.2 Å². The molecule has 7 heteroatoms. The Kier molecular flexibility index (Phi) is 7.77. The first-order valence-corrected chi connectivity index (χ1v) is 12.3. The molecule has 0 radical (unpaired) electrons. The van der Waals surface area contributed by atoms with Crippen molar-refractivity contribution < 1.29 is 0 Å². The molecule has 0 amide bonds. The first-order chi connectivity index (χ1) is 15.0. The van der Waals surface area contributed by atoms with Crippen LogP contribution in [0.3, 0.4) is 0 Å². The van der Waals surface area contributed by atoms with Crippen LogP contribution in [0.5, 0.6) is 0 Å². The van der Waals surface area contributed by atoms with Crippen molar-refractivity contribution in [3.8, 4) is 5.97 Å². The van der Waals surface area contributed by atoms with Crippen LogP contribution in [0.15, 0.2) is 36.4 Å². The number of aromatic nitrogens is 2. The molecule has 0 saturated heterocycles. The second-order valence-electron chi connectivity index (χ2n) is 8.24. The standard InChI is InChI=1S/C22H28BN5S.C2H6/c1-5-16(7-6-8-23(3)14-24)19-12-28-13-20(29-22(28)25-19)17-9-15(2)21-18(10-17)11-27(4)26-21;1-2/h9-13,16,22,25H,5-8H2,1-4H3;1-2H3. The fourth-order valence-electron chi connectivity index (χ4n) is 4.22. The Morgan fingerprint density at radius 1 is 1.32 bits per heavy atom. The van der Waals surface area contributed by atoms with Gasteiger partial charge in [0.15, 0.2) is 5.50 Å². The number of aryl methyl sites for hydroxylation is 2. The fourth-order valence-corrected chi connectivity index (χ4v) is 5.33. The van der Waals surface area contributed by atoms with E-state index in [1.165, 1.54) is 27.1 Å². The Morgan fingerprint density at radius 2 is 2.10 bits per heavy atom. The number of hydrogen-bond donors (Lipinski definition) is 1. The van der Waals surface area contributed by atoms with Gasteiger partial charge in [-0.25, -0.2) is 5.26 Å². The smallest absolute Gasteiger partial charge is 0.264 e. The van der Waals surface area contributed by atoms with Gasteiger partial charge in [-0.3, -0.25) is 4.68 Å². The van der Waals surface area contributed by atoms with Crippen LogP contribution in [-0.4, -0.2) is 26.9 Å². The van der Waals surface area contributed by atoms with Crippen LogP contribution in [0.4, 0.5) is 0 Å². The fraction of sp³-hybridized carbons (Fsp3) is 0.500. The summed E-state index contributed by atoms with van der Waals surface area (Å²) in [6.45, 7) is 10.6.